The standard InChI is InChI=1S/C19H16O3/c1-12-9-16-11-17(22-18(16)10-13(12)2)8-5-14-3-6-15(7-4-14)19(20)21/h3-11H,1-2H3,(H,20,21)/b8-5+. The summed E-state index contributed by atoms with van der Waals surface area (Å²) in [5.41, 5.74) is 4.54. The molecule has 3 nitrogen and oxygen atoms in total. The maximum absolute atomic E-state index is 10.8. The number of carboxylic acids is 1. The van der Waals surface area contributed by atoms with Gasteiger partial charge in [0.1, 0.15) is 11.3 Å². The molecule has 0 aliphatic carbocycles. The Morgan fingerprint density at radius 1 is 1.00 bits per heavy atom. The average Bonchev–Trinajstić information content (AvgIpc) is 2.88. The summed E-state index contributed by atoms with van der Waals surface area (Å²) in [6.07, 6.45) is 3.80. The second-order valence-corrected chi connectivity index (χ2v) is 5.38. The van der Waals surface area contributed by atoms with Crippen molar-refractivity contribution in [2.75, 3.05) is 0 Å². The summed E-state index contributed by atoms with van der Waals surface area (Å²) in [6.45, 7) is 4.15. The van der Waals surface area contributed by atoms with Gasteiger partial charge in [-0.2, -0.15) is 0 Å². The monoisotopic (exact) mass is 292 g/mol. The molecule has 110 valence electrons. The van der Waals surface area contributed by atoms with Crippen molar-refractivity contribution in [2.24, 2.45) is 0 Å². The van der Waals surface area contributed by atoms with Crippen LogP contribution in [-0.4, -0.2) is 11.1 Å². The van der Waals surface area contributed by atoms with E-state index in [2.05, 4.69) is 19.9 Å². The van der Waals surface area contributed by atoms with Gasteiger partial charge in [-0.3, -0.25) is 0 Å². The number of hydrogen-bond acceptors (Lipinski definition) is 2. The molecule has 1 heterocycles. The fraction of sp³-hybridized carbons (Fsp3) is 0.105. The first-order valence-electron chi connectivity index (χ1n) is 7.05. The molecule has 0 atom stereocenters. The van der Waals surface area contributed by atoms with Crippen molar-refractivity contribution in [1.29, 1.82) is 0 Å². The van der Waals surface area contributed by atoms with Crippen LogP contribution in [0, 0.1) is 13.8 Å². The van der Waals surface area contributed by atoms with Crippen molar-refractivity contribution >= 4 is 29.1 Å². The fourth-order valence-electron chi connectivity index (χ4n) is 2.32. The molecule has 3 heteroatoms. The molecule has 0 aliphatic rings. The van der Waals surface area contributed by atoms with Crippen LogP contribution in [0.2, 0.25) is 0 Å². The number of benzene rings is 2. The molecule has 0 saturated carbocycles. The van der Waals surface area contributed by atoms with Crippen LogP contribution in [0.5, 0.6) is 0 Å². The van der Waals surface area contributed by atoms with E-state index in [0.717, 1.165) is 22.3 Å². The van der Waals surface area contributed by atoms with E-state index in [1.807, 2.05) is 24.3 Å². The van der Waals surface area contributed by atoms with Crippen molar-refractivity contribution in [3.05, 3.63) is 70.5 Å². The van der Waals surface area contributed by atoms with Crippen LogP contribution >= 0.6 is 0 Å². The van der Waals surface area contributed by atoms with E-state index in [1.165, 1.54) is 11.1 Å². The number of rotatable bonds is 3. The molecule has 3 aromatic rings. The smallest absolute Gasteiger partial charge is 0.335 e. The lowest BCUT2D eigenvalue weighted by Crippen LogP contribution is -1.94. The first-order valence-corrected chi connectivity index (χ1v) is 7.05. The number of aromatic carboxylic acids is 1. The third-order valence-corrected chi connectivity index (χ3v) is 3.75. The summed E-state index contributed by atoms with van der Waals surface area (Å²) in [5, 5.41) is 9.96. The topological polar surface area (TPSA) is 50.4 Å². The molecule has 0 spiro atoms. The first-order chi connectivity index (χ1) is 10.5. The van der Waals surface area contributed by atoms with Crippen LogP contribution in [0.1, 0.15) is 32.8 Å². The van der Waals surface area contributed by atoms with Crippen LogP contribution in [0.3, 0.4) is 0 Å². The predicted molar refractivity (Wildman–Crippen MR) is 88.0 cm³/mol. The summed E-state index contributed by atoms with van der Waals surface area (Å²) < 4.78 is 5.81. The largest absolute Gasteiger partial charge is 0.478 e. The van der Waals surface area contributed by atoms with Crippen LogP contribution in [0.15, 0.2) is 46.9 Å². The molecule has 0 saturated heterocycles. The maximum atomic E-state index is 10.8. The molecule has 0 bridgehead atoms. The van der Waals surface area contributed by atoms with E-state index in [-0.39, 0.29) is 5.56 Å². The normalized spacial score (nSPS) is 11.4. The fourth-order valence-corrected chi connectivity index (χ4v) is 2.32. The molecule has 0 aliphatic heterocycles. The van der Waals surface area contributed by atoms with Crippen molar-refractivity contribution in [3.8, 4) is 0 Å². The minimum absolute atomic E-state index is 0.284. The van der Waals surface area contributed by atoms with Gasteiger partial charge in [-0.15, -0.1) is 0 Å². The van der Waals surface area contributed by atoms with E-state index in [4.69, 9.17) is 9.52 Å². The van der Waals surface area contributed by atoms with Crippen molar-refractivity contribution in [1.82, 2.24) is 0 Å². The molecule has 0 radical (unpaired) electrons. The number of carbonyl (C=O) groups is 1. The van der Waals surface area contributed by atoms with Crippen LogP contribution in [0.4, 0.5) is 0 Å². The molecule has 0 unspecified atom stereocenters. The van der Waals surface area contributed by atoms with Gasteiger partial charge in [0.15, 0.2) is 0 Å². The van der Waals surface area contributed by atoms with E-state index >= 15 is 0 Å². The highest BCUT2D eigenvalue weighted by atomic mass is 16.4. The van der Waals surface area contributed by atoms with E-state index < -0.39 is 5.97 Å². The van der Waals surface area contributed by atoms with Gasteiger partial charge in [-0.05, 0) is 66.9 Å². The maximum Gasteiger partial charge on any atom is 0.335 e. The summed E-state index contributed by atoms with van der Waals surface area (Å²) in [6, 6.07) is 12.9. The van der Waals surface area contributed by atoms with E-state index in [1.54, 1.807) is 24.3 Å². The number of carboxylic acid groups (broad SMARTS) is 1. The molecular weight excluding hydrogens is 276 g/mol. The zero-order valence-electron chi connectivity index (χ0n) is 12.5. The Labute approximate surface area is 128 Å². The second-order valence-electron chi connectivity index (χ2n) is 5.38. The molecule has 1 N–H and O–H groups in total. The zero-order chi connectivity index (χ0) is 15.7. The Kier molecular flexibility index (Phi) is 3.55. The Morgan fingerprint density at radius 2 is 1.68 bits per heavy atom. The summed E-state index contributed by atoms with van der Waals surface area (Å²) >= 11 is 0. The molecule has 0 amide bonds. The zero-order valence-corrected chi connectivity index (χ0v) is 12.5. The van der Waals surface area contributed by atoms with Gasteiger partial charge in [0.25, 0.3) is 0 Å². The van der Waals surface area contributed by atoms with E-state index in [0.29, 0.717) is 0 Å². The molecular formula is C19H16O3. The van der Waals surface area contributed by atoms with Crippen LogP contribution in [-0.2, 0) is 0 Å². The highest BCUT2D eigenvalue weighted by molar-refractivity contribution is 5.88. The molecule has 0 fully saturated rings. The second kappa shape index (κ2) is 5.53. The van der Waals surface area contributed by atoms with Gasteiger partial charge in [0.05, 0.1) is 5.56 Å². The Balaban J connectivity index is 1.87. The number of fused-ring (bicyclic) bond motifs is 1. The van der Waals surface area contributed by atoms with Gasteiger partial charge in [-0.1, -0.05) is 18.2 Å². The SMILES string of the molecule is Cc1cc2cc(/C=C/c3ccc(C(=O)O)cc3)oc2cc1C. The average molecular weight is 292 g/mol. The van der Waals surface area contributed by atoms with Crippen molar-refractivity contribution in [2.45, 2.75) is 13.8 Å². The highest BCUT2D eigenvalue weighted by Crippen LogP contribution is 2.24. The van der Waals surface area contributed by atoms with Crippen molar-refractivity contribution < 1.29 is 14.3 Å². The van der Waals surface area contributed by atoms with Gasteiger partial charge in [0.2, 0.25) is 0 Å². The number of aryl methyl sites for hydroxylation is 2. The summed E-state index contributed by atoms with van der Waals surface area (Å²) in [7, 11) is 0. The lowest BCUT2D eigenvalue weighted by molar-refractivity contribution is 0.0697. The lowest BCUT2D eigenvalue weighted by Gasteiger charge is -1.97. The van der Waals surface area contributed by atoms with Crippen LogP contribution in [0.25, 0.3) is 23.1 Å². The minimum atomic E-state index is -0.918. The molecule has 22 heavy (non-hydrogen) atoms. The highest BCUT2D eigenvalue weighted by Gasteiger charge is 2.04. The van der Waals surface area contributed by atoms with Gasteiger partial charge < -0.3 is 9.52 Å². The molecule has 3 rings (SSSR count). The van der Waals surface area contributed by atoms with Gasteiger partial charge in [-0.25, -0.2) is 4.79 Å². The number of furan rings is 1. The first kappa shape index (κ1) is 14.1. The van der Waals surface area contributed by atoms with Crippen molar-refractivity contribution in [3.63, 3.8) is 0 Å². The molecule has 2 aromatic carbocycles. The Hall–Kier alpha value is -2.81. The summed E-state index contributed by atoms with van der Waals surface area (Å²) in [5.74, 6) is -0.138. The molecule has 1 aromatic heterocycles. The lowest BCUT2D eigenvalue weighted by atomic mass is 10.1. The third kappa shape index (κ3) is 2.79. The van der Waals surface area contributed by atoms with Gasteiger partial charge in [0, 0.05) is 5.39 Å². The van der Waals surface area contributed by atoms with Crippen LogP contribution < -0.4 is 0 Å². The minimum Gasteiger partial charge on any atom is -0.478 e. The third-order valence-electron chi connectivity index (χ3n) is 3.75. The predicted octanol–water partition coefficient (Wildman–Crippen LogP) is 4.92. The quantitative estimate of drug-likeness (QED) is 0.745. The van der Waals surface area contributed by atoms with E-state index in [9.17, 15) is 4.79 Å². The Bertz CT molecular complexity index is 829. The van der Waals surface area contributed by atoms with Gasteiger partial charge >= 0.3 is 5.97 Å². The number of hydrogen-bond donors (Lipinski definition) is 1. The summed E-state index contributed by atoms with van der Waals surface area (Å²) in [4.78, 5) is 10.8. The Morgan fingerprint density at radius 3 is 2.36 bits per heavy atom.